The van der Waals surface area contributed by atoms with E-state index in [9.17, 15) is 27.2 Å². The van der Waals surface area contributed by atoms with E-state index in [0.29, 0.717) is 11.4 Å². The highest BCUT2D eigenvalue weighted by Gasteiger charge is 2.35. The van der Waals surface area contributed by atoms with E-state index in [0.717, 1.165) is 18.2 Å². The summed E-state index contributed by atoms with van der Waals surface area (Å²) in [7, 11) is 0. The Labute approximate surface area is 219 Å². The highest BCUT2D eigenvalue weighted by atomic mass is 19.4. The van der Waals surface area contributed by atoms with Crippen molar-refractivity contribution in [1.29, 1.82) is 0 Å². The summed E-state index contributed by atoms with van der Waals surface area (Å²) < 4.78 is 61.5. The number of carbonyl (C=O) groups excluding carboxylic acids is 2. The molecule has 4 rings (SSSR count). The fourth-order valence-corrected chi connectivity index (χ4v) is 3.73. The van der Waals surface area contributed by atoms with Crippen molar-refractivity contribution in [3.63, 3.8) is 0 Å². The highest BCUT2D eigenvalue weighted by molar-refractivity contribution is 5.96. The molecule has 0 aliphatic heterocycles. The number of hydrogen-bond donors (Lipinski definition) is 4. The SMILES string of the molecule is Nc1ccc(C=CC(=O)NCc2cc3cc(-c4ccc(F)c(C(=O)NCCO)c4)cc(C(F)(F)F)c3o2)cn1. The first-order chi connectivity index (χ1) is 18.5. The molecule has 12 heteroatoms. The van der Waals surface area contributed by atoms with Gasteiger partial charge in [-0.15, -0.1) is 0 Å². The van der Waals surface area contributed by atoms with Gasteiger partial charge in [-0.25, -0.2) is 9.37 Å². The second-order valence-corrected chi connectivity index (χ2v) is 8.39. The van der Waals surface area contributed by atoms with Crippen LogP contribution in [0.5, 0.6) is 0 Å². The summed E-state index contributed by atoms with van der Waals surface area (Å²) >= 11 is 0. The number of nitrogens with one attached hydrogen (secondary N) is 2. The van der Waals surface area contributed by atoms with E-state index < -0.39 is 35.0 Å². The number of hydrogen-bond acceptors (Lipinski definition) is 6. The van der Waals surface area contributed by atoms with Crippen molar-refractivity contribution >= 4 is 34.7 Å². The van der Waals surface area contributed by atoms with Gasteiger partial charge in [0.05, 0.1) is 24.3 Å². The van der Waals surface area contributed by atoms with Gasteiger partial charge in [-0.1, -0.05) is 6.07 Å². The van der Waals surface area contributed by atoms with Crippen LogP contribution in [0, 0.1) is 5.82 Å². The molecular formula is C27H22F4N4O4. The molecule has 0 atom stereocenters. The summed E-state index contributed by atoms with van der Waals surface area (Å²) in [6.07, 6.45) is -0.586. The van der Waals surface area contributed by atoms with E-state index in [-0.39, 0.29) is 47.5 Å². The normalized spacial score (nSPS) is 11.7. The summed E-state index contributed by atoms with van der Waals surface area (Å²) in [4.78, 5) is 28.3. The second kappa shape index (κ2) is 11.4. The highest BCUT2D eigenvalue weighted by Crippen LogP contribution is 2.39. The average molecular weight is 542 g/mol. The van der Waals surface area contributed by atoms with Crippen LogP contribution in [-0.4, -0.2) is 35.1 Å². The number of alkyl halides is 3. The quantitative estimate of drug-likeness (QED) is 0.194. The van der Waals surface area contributed by atoms with Crippen LogP contribution in [0.1, 0.15) is 27.2 Å². The molecule has 0 fully saturated rings. The van der Waals surface area contributed by atoms with Crippen LogP contribution in [0.25, 0.3) is 28.2 Å². The molecule has 202 valence electrons. The molecule has 0 bridgehead atoms. The van der Waals surface area contributed by atoms with Gasteiger partial charge in [0.2, 0.25) is 5.91 Å². The molecule has 0 spiro atoms. The van der Waals surface area contributed by atoms with Gasteiger partial charge in [0.15, 0.2) is 0 Å². The molecule has 0 saturated heterocycles. The molecule has 5 N–H and O–H groups in total. The van der Waals surface area contributed by atoms with Crippen LogP contribution in [0.4, 0.5) is 23.4 Å². The van der Waals surface area contributed by atoms with Gasteiger partial charge >= 0.3 is 6.18 Å². The molecule has 0 aliphatic carbocycles. The van der Waals surface area contributed by atoms with Crippen molar-refractivity contribution in [1.82, 2.24) is 15.6 Å². The van der Waals surface area contributed by atoms with E-state index in [1.807, 2.05) is 0 Å². The first kappa shape index (κ1) is 27.3. The zero-order valence-electron chi connectivity index (χ0n) is 20.2. The number of aliphatic hydroxyl groups excluding tert-OH is 1. The Morgan fingerprint density at radius 3 is 2.54 bits per heavy atom. The minimum Gasteiger partial charge on any atom is -0.459 e. The third-order valence-corrected chi connectivity index (χ3v) is 5.59. The van der Waals surface area contributed by atoms with Gasteiger partial charge in [0.1, 0.15) is 23.0 Å². The molecular weight excluding hydrogens is 520 g/mol. The maximum Gasteiger partial charge on any atom is 0.420 e. The number of furan rings is 1. The van der Waals surface area contributed by atoms with Crippen LogP contribution in [0.3, 0.4) is 0 Å². The first-order valence-electron chi connectivity index (χ1n) is 11.5. The molecule has 39 heavy (non-hydrogen) atoms. The maximum absolute atomic E-state index is 14.2. The van der Waals surface area contributed by atoms with Crippen LogP contribution in [-0.2, 0) is 17.5 Å². The van der Waals surface area contributed by atoms with Gasteiger partial charge in [-0.05, 0) is 65.2 Å². The van der Waals surface area contributed by atoms with Crippen molar-refractivity contribution in [2.45, 2.75) is 12.7 Å². The Kier molecular flexibility index (Phi) is 7.96. The van der Waals surface area contributed by atoms with Crippen molar-refractivity contribution < 1.29 is 36.7 Å². The number of rotatable bonds is 8. The largest absolute Gasteiger partial charge is 0.459 e. The predicted molar refractivity (Wildman–Crippen MR) is 136 cm³/mol. The van der Waals surface area contributed by atoms with E-state index in [2.05, 4.69) is 15.6 Å². The lowest BCUT2D eigenvalue weighted by Crippen LogP contribution is -2.27. The Morgan fingerprint density at radius 1 is 1.05 bits per heavy atom. The van der Waals surface area contributed by atoms with Crippen molar-refractivity contribution in [3.05, 3.63) is 89.1 Å². The lowest BCUT2D eigenvalue weighted by atomic mass is 9.98. The lowest BCUT2D eigenvalue weighted by Gasteiger charge is -2.12. The summed E-state index contributed by atoms with van der Waals surface area (Å²) in [5.74, 6) is -1.79. The molecule has 2 heterocycles. The fraction of sp³-hybridized carbons (Fsp3) is 0.148. The number of nitrogen functional groups attached to an aromatic ring is 1. The zero-order chi connectivity index (χ0) is 28.2. The Bertz CT molecular complexity index is 1550. The van der Waals surface area contributed by atoms with Gasteiger partial charge in [-0.3, -0.25) is 9.59 Å². The van der Waals surface area contributed by atoms with Gasteiger partial charge < -0.3 is 25.9 Å². The molecule has 0 radical (unpaired) electrons. The fourth-order valence-electron chi connectivity index (χ4n) is 3.73. The standard InChI is InChI=1S/C27H22F4N4O4/c28-22-4-3-16(11-20(22)26(38)33-7-8-36)17-9-18-10-19(39-25(18)21(12-17)27(29,30)31)14-35-24(37)6-2-15-1-5-23(32)34-13-15/h1-6,9-13,36H,7-8,14H2,(H2,32,34)(H,33,38)(H,35,37). The average Bonchev–Trinajstić information content (AvgIpc) is 3.32. The van der Waals surface area contributed by atoms with Crippen molar-refractivity contribution in [2.75, 3.05) is 18.9 Å². The molecule has 0 aliphatic rings. The van der Waals surface area contributed by atoms with E-state index in [1.165, 1.54) is 36.5 Å². The number of benzene rings is 2. The Balaban J connectivity index is 1.60. The minimum atomic E-state index is -4.79. The number of aromatic nitrogens is 1. The summed E-state index contributed by atoms with van der Waals surface area (Å²) in [5.41, 5.74) is 4.49. The van der Waals surface area contributed by atoms with Crippen LogP contribution < -0.4 is 16.4 Å². The van der Waals surface area contributed by atoms with Gasteiger partial charge in [0, 0.05) is 24.2 Å². The molecule has 2 aromatic carbocycles. The number of nitrogens with zero attached hydrogens (tertiary/aromatic N) is 1. The topological polar surface area (TPSA) is 130 Å². The molecule has 0 saturated carbocycles. The zero-order valence-corrected chi connectivity index (χ0v) is 20.2. The van der Waals surface area contributed by atoms with E-state index in [4.69, 9.17) is 15.3 Å². The third-order valence-electron chi connectivity index (χ3n) is 5.59. The van der Waals surface area contributed by atoms with Gasteiger partial charge in [-0.2, -0.15) is 13.2 Å². The number of halogens is 4. The monoisotopic (exact) mass is 542 g/mol. The Hall–Kier alpha value is -4.71. The number of anilines is 1. The van der Waals surface area contributed by atoms with E-state index in [1.54, 1.807) is 12.1 Å². The predicted octanol–water partition coefficient (Wildman–Crippen LogP) is 4.29. The minimum absolute atomic E-state index is 0.0717. The number of amides is 2. The number of fused-ring (bicyclic) bond motifs is 1. The molecule has 0 unspecified atom stereocenters. The first-order valence-corrected chi connectivity index (χ1v) is 11.5. The lowest BCUT2D eigenvalue weighted by molar-refractivity contribution is -0.136. The molecule has 2 amide bonds. The molecule has 4 aromatic rings. The number of carbonyl (C=O) groups is 2. The number of aliphatic hydroxyl groups is 1. The molecule has 2 aromatic heterocycles. The maximum atomic E-state index is 14.2. The summed E-state index contributed by atoms with van der Waals surface area (Å²) in [6, 6.07) is 10.2. The Morgan fingerprint density at radius 2 is 1.85 bits per heavy atom. The summed E-state index contributed by atoms with van der Waals surface area (Å²) in [5, 5.41) is 13.8. The molecule has 8 nitrogen and oxygen atoms in total. The smallest absolute Gasteiger partial charge is 0.420 e. The van der Waals surface area contributed by atoms with Crippen LogP contribution >= 0.6 is 0 Å². The summed E-state index contributed by atoms with van der Waals surface area (Å²) in [6.45, 7) is -0.663. The van der Waals surface area contributed by atoms with Gasteiger partial charge in [0.25, 0.3) is 5.91 Å². The number of pyridine rings is 1. The van der Waals surface area contributed by atoms with Crippen molar-refractivity contribution in [2.24, 2.45) is 0 Å². The van der Waals surface area contributed by atoms with Crippen LogP contribution in [0.15, 0.2) is 65.2 Å². The van der Waals surface area contributed by atoms with E-state index >= 15 is 0 Å². The van der Waals surface area contributed by atoms with Crippen LogP contribution in [0.2, 0.25) is 0 Å². The third kappa shape index (κ3) is 6.60. The second-order valence-electron chi connectivity index (χ2n) is 8.39. The van der Waals surface area contributed by atoms with Crippen molar-refractivity contribution in [3.8, 4) is 11.1 Å². The number of nitrogens with two attached hydrogens (primary N) is 1.